The number of likely N-dealkylation sites (N-methyl/N-ethyl adjacent to an activating group) is 1. The van der Waals surface area contributed by atoms with Crippen LogP contribution in [0.25, 0.3) is 0 Å². The number of nitrogens with zero attached hydrogens (tertiary/aromatic N) is 3. The van der Waals surface area contributed by atoms with Crippen LogP contribution in [0.15, 0.2) is 4.79 Å². The SMILES string of the molecule is Cc1nc(=O)n(C(C)CN(C)C)c(C)c1CC(C)C(=O)O. The van der Waals surface area contributed by atoms with Crippen LogP contribution in [0.1, 0.15) is 36.8 Å². The summed E-state index contributed by atoms with van der Waals surface area (Å²) >= 11 is 0. The van der Waals surface area contributed by atoms with Gasteiger partial charge >= 0.3 is 11.7 Å². The Kier molecular flexibility index (Phi) is 5.66. The smallest absolute Gasteiger partial charge is 0.348 e. The average Bonchev–Trinajstić information content (AvgIpc) is 2.32. The highest BCUT2D eigenvalue weighted by Crippen LogP contribution is 2.18. The van der Waals surface area contributed by atoms with Crippen molar-refractivity contribution in [3.8, 4) is 0 Å². The second-order valence-electron chi connectivity index (χ2n) is 5.97. The zero-order valence-electron chi connectivity index (χ0n) is 13.7. The number of aromatic nitrogens is 2. The van der Waals surface area contributed by atoms with Crippen LogP contribution in [0.2, 0.25) is 0 Å². The van der Waals surface area contributed by atoms with Crippen LogP contribution in [0.5, 0.6) is 0 Å². The van der Waals surface area contributed by atoms with E-state index in [9.17, 15) is 9.59 Å². The summed E-state index contributed by atoms with van der Waals surface area (Å²) in [6.07, 6.45) is 0.384. The van der Waals surface area contributed by atoms with Crippen LogP contribution >= 0.6 is 0 Å². The quantitative estimate of drug-likeness (QED) is 0.854. The lowest BCUT2D eigenvalue weighted by Gasteiger charge is -2.24. The molecule has 0 saturated carbocycles. The molecule has 2 atom stereocenters. The van der Waals surface area contributed by atoms with Gasteiger partial charge in [-0.1, -0.05) is 6.92 Å². The number of hydrogen-bond acceptors (Lipinski definition) is 4. The summed E-state index contributed by atoms with van der Waals surface area (Å²) in [5.41, 5.74) is 2.02. The zero-order valence-corrected chi connectivity index (χ0v) is 13.7. The summed E-state index contributed by atoms with van der Waals surface area (Å²) in [6, 6.07) is -0.0144. The molecule has 0 radical (unpaired) electrons. The lowest BCUT2D eigenvalue weighted by atomic mass is 9.98. The zero-order chi connectivity index (χ0) is 16.3. The molecule has 21 heavy (non-hydrogen) atoms. The third kappa shape index (κ3) is 4.14. The largest absolute Gasteiger partial charge is 0.481 e. The van der Waals surface area contributed by atoms with Crippen molar-refractivity contribution in [3.63, 3.8) is 0 Å². The van der Waals surface area contributed by atoms with Gasteiger partial charge in [0.25, 0.3) is 0 Å². The number of carbonyl (C=O) groups is 1. The minimum absolute atomic E-state index is 0.0144. The van der Waals surface area contributed by atoms with Crippen molar-refractivity contribution < 1.29 is 9.90 Å². The summed E-state index contributed by atoms with van der Waals surface area (Å²) in [7, 11) is 3.90. The summed E-state index contributed by atoms with van der Waals surface area (Å²) in [5, 5.41) is 9.08. The molecule has 1 aromatic heterocycles. The molecule has 6 heteroatoms. The maximum atomic E-state index is 12.2. The number of carboxylic acids is 1. The molecule has 1 N–H and O–H groups in total. The fourth-order valence-corrected chi connectivity index (χ4v) is 2.63. The summed E-state index contributed by atoms with van der Waals surface area (Å²) in [4.78, 5) is 29.3. The second kappa shape index (κ2) is 6.85. The highest BCUT2D eigenvalue weighted by molar-refractivity contribution is 5.70. The Balaban J connectivity index is 3.28. The highest BCUT2D eigenvalue weighted by Gasteiger charge is 2.20. The number of carboxylic acid groups (broad SMARTS) is 1. The van der Waals surface area contributed by atoms with Crippen molar-refractivity contribution in [3.05, 3.63) is 27.4 Å². The first-order chi connectivity index (χ1) is 9.65. The molecule has 1 heterocycles. The average molecular weight is 295 g/mol. The molecule has 0 bridgehead atoms. The number of aliphatic carboxylic acids is 1. The van der Waals surface area contributed by atoms with Crippen molar-refractivity contribution in [2.75, 3.05) is 20.6 Å². The van der Waals surface area contributed by atoms with Crippen LogP contribution in [0.4, 0.5) is 0 Å². The predicted molar refractivity (Wildman–Crippen MR) is 81.7 cm³/mol. The third-order valence-electron chi connectivity index (χ3n) is 3.71. The molecule has 0 aromatic carbocycles. The predicted octanol–water partition coefficient (Wildman–Crippen LogP) is 1.25. The lowest BCUT2D eigenvalue weighted by Crippen LogP contribution is -2.35. The van der Waals surface area contributed by atoms with E-state index in [0.29, 0.717) is 12.1 Å². The Morgan fingerprint density at radius 2 is 1.90 bits per heavy atom. The molecule has 2 unspecified atom stereocenters. The van der Waals surface area contributed by atoms with Crippen molar-refractivity contribution in [1.82, 2.24) is 14.5 Å². The molecule has 1 rings (SSSR count). The molecular formula is C15H25N3O3. The Bertz CT molecular complexity index is 578. The molecule has 1 aromatic rings. The number of aryl methyl sites for hydroxylation is 1. The molecule has 0 saturated heterocycles. The normalized spacial score (nSPS) is 14.2. The van der Waals surface area contributed by atoms with Gasteiger partial charge in [-0.3, -0.25) is 9.36 Å². The third-order valence-corrected chi connectivity index (χ3v) is 3.71. The molecule has 118 valence electrons. The summed E-state index contributed by atoms with van der Waals surface area (Å²) in [5.74, 6) is -1.34. The summed E-state index contributed by atoms with van der Waals surface area (Å²) < 4.78 is 1.66. The van der Waals surface area contributed by atoms with E-state index in [2.05, 4.69) is 4.98 Å². The van der Waals surface area contributed by atoms with E-state index in [0.717, 1.165) is 17.8 Å². The van der Waals surface area contributed by atoms with E-state index >= 15 is 0 Å². The Morgan fingerprint density at radius 3 is 2.38 bits per heavy atom. The van der Waals surface area contributed by atoms with Crippen molar-refractivity contribution >= 4 is 5.97 Å². The Morgan fingerprint density at radius 1 is 1.33 bits per heavy atom. The maximum Gasteiger partial charge on any atom is 0.348 e. The van der Waals surface area contributed by atoms with E-state index < -0.39 is 11.9 Å². The van der Waals surface area contributed by atoms with Gasteiger partial charge in [0, 0.05) is 24.0 Å². The highest BCUT2D eigenvalue weighted by atomic mass is 16.4. The van der Waals surface area contributed by atoms with Gasteiger partial charge in [0.1, 0.15) is 0 Å². The topological polar surface area (TPSA) is 75.4 Å². The van der Waals surface area contributed by atoms with Crippen LogP contribution < -0.4 is 5.69 Å². The first-order valence-electron chi connectivity index (χ1n) is 7.11. The van der Waals surface area contributed by atoms with Crippen LogP contribution in [-0.2, 0) is 11.2 Å². The van der Waals surface area contributed by atoms with Crippen LogP contribution in [0, 0.1) is 19.8 Å². The van der Waals surface area contributed by atoms with Crippen molar-refractivity contribution in [2.45, 2.75) is 40.2 Å². The van der Waals surface area contributed by atoms with Gasteiger partial charge in [0.05, 0.1) is 5.92 Å². The standard InChI is InChI=1S/C15H25N3O3/c1-9(14(19)20)7-13-11(3)16-15(21)18(12(13)4)10(2)8-17(5)6/h9-10H,7-8H2,1-6H3,(H,19,20). The summed E-state index contributed by atoms with van der Waals surface area (Å²) in [6.45, 7) is 7.99. The number of rotatable bonds is 6. The van der Waals surface area contributed by atoms with Gasteiger partial charge in [0.2, 0.25) is 0 Å². The van der Waals surface area contributed by atoms with Gasteiger partial charge in [-0.25, -0.2) is 4.79 Å². The van der Waals surface area contributed by atoms with E-state index in [4.69, 9.17) is 5.11 Å². The van der Waals surface area contributed by atoms with Gasteiger partial charge in [0.15, 0.2) is 0 Å². The van der Waals surface area contributed by atoms with Crippen LogP contribution in [0.3, 0.4) is 0 Å². The van der Waals surface area contributed by atoms with Crippen molar-refractivity contribution in [1.29, 1.82) is 0 Å². The molecule has 0 amide bonds. The first-order valence-corrected chi connectivity index (χ1v) is 7.11. The van der Waals surface area contributed by atoms with Gasteiger partial charge in [-0.15, -0.1) is 0 Å². The minimum Gasteiger partial charge on any atom is -0.481 e. The Hall–Kier alpha value is -1.69. The van der Waals surface area contributed by atoms with Crippen molar-refractivity contribution in [2.24, 2.45) is 5.92 Å². The molecule has 0 fully saturated rings. The molecule has 0 aliphatic rings. The minimum atomic E-state index is -0.840. The molecule has 0 aliphatic heterocycles. The fraction of sp³-hybridized carbons (Fsp3) is 0.667. The molecule has 0 aliphatic carbocycles. The monoisotopic (exact) mass is 295 g/mol. The second-order valence-corrected chi connectivity index (χ2v) is 5.97. The molecule has 6 nitrogen and oxygen atoms in total. The first kappa shape index (κ1) is 17.4. The van der Waals surface area contributed by atoms with E-state index in [1.165, 1.54) is 0 Å². The number of hydrogen-bond donors (Lipinski definition) is 1. The van der Waals surface area contributed by atoms with Gasteiger partial charge in [-0.2, -0.15) is 4.98 Å². The molecular weight excluding hydrogens is 270 g/mol. The van der Waals surface area contributed by atoms with Gasteiger partial charge < -0.3 is 10.0 Å². The van der Waals surface area contributed by atoms with Crippen LogP contribution in [-0.4, -0.2) is 46.2 Å². The Labute approximate surface area is 125 Å². The van der Waals surface area contributed by atoms with E-state index in [-0.39, 0.29) is 11.7 Å². The van der Waals surface area contributed by atoms with E-state index in [1.807, 2.05) is 32.8 Å². The maximum absolute atomic E-state index is 12.2. The fourth-order valence-electron chi connectivity index (χ4n) is 2.63. The molecule has 0 spiro atoms. The lowest BCUT2D eigenvalue weighted by molar-refractivity contribution is -0.141. The van der Waals surface area contributed by atoms with Gasteiger partial charge in [-0.05, 0) is 46.9 Å². The van der Waals surface area contributed by atoms with E-state index in [1.54, 1.807) is 18.4 Å².